The number of nitriles is 2. The highest BCUT2D eigenvalue weighted by Crippen LogP contribution is 2.42. The second kappa shape index (κ2) is 27.5. The number of aryl methyl sites for hydroxylation is 1. The molecule has 3 aromatic carbocycles. The minimum absolute atomic E-state index is 0.0704. The average Bonchev–Trinajstić information content (AvgIpc) is 4.24. The molecule has 0 saturated carbocycles. The fraction of sp³-hybridized carbons (Fsp3) is 0.310. The van der Waals surface area contributed by atoms with Crippen LogP contribution in [0.25, 0.3) is 44.2 Å². The van der Waals surface area contributed by atoms with E-state index in [4.69, 9.17) is 0 Å². The molecule has 0 unspecified atom stereocenters. The lowest BCUT2D eigenvalue weighted by atomic mass is 10.0. The number of hydrogen-bond acceptors (Lipinski definition) is 9. The number of anilines is 3. The van der Waals surface area contributed by atoms with E-state index in [1.165, 1.54) is 143 Å². The quantitative estimate of drug-likeness (QED) is 0.0212. The third kappa shape index (κ3) is 16.5. The first kappa shape index (κ1) is 55.8. The molecule has 73 heavy (non-hydrogen) atoms. The van der Waals surface area contributed by atoms with Gasteiger partial charge in [0.05, 0.1) is 11.1 Å². The number of unbranched alkanes of at least 4 members (excludes halogenated alkanes) is 15. The highest BCUT2D eigenvalue weighted by molar-refractivity contribution is 7.67. The van der Waals surface area contributed by atoms with Gasteiger partial charge in [0.25, 0.3) is 0 Å². The molecule has 4 aromatic heterocycles. The summed E-state index contributed by atoms with van der Waals surface area (Å²) in [6.07, 6.45) is 26.2. The summed E-state index contributed by atoms with van der Waals surface area (Å²) in [5, 5.41) is 19.8. The first-order valence-corrected chi connectivity index (χ1v) is 31.7. The van der Waals surface area contributed by atoms with Crippen molar-refractivity contribution in [3.8, 4) is 33.0 Å². The van der Waals surface area contributed by atoms with Crippen LogP contribution in [0.3, 0.4) is 0 Å². The van der Waals surface area contributed by atoms with Crippen molar-refractivity contribution < 1.29 is 28.7 Å². The zero-order valence-electron chi connectivity index (χ0n) is 41.2. The maximum atomic E-state index is 11.8. The van der Waals surface area contributed by atoms with Gasteiger partial charge in [-0.15, -0.1) is 45.3 Å². The van der Waals surface area contributed by atoms with Crippen molar-refractivity contribution in [2.45, 2.75) is 116 Å². The summed E-state index contributed by atoms with van der Waals surface area (Å²) in [4.78, 5) is 45.3. The summed E-state index contributed by atoms with van der Waals surface area (Å²) in [6.45, 7) is 2.28. The van der Waals surface area contributed by atoms with Gasteiger partial charge in [0, 0.05) is 46.3 Å². The standard InChI is InChI=1S/C58H63N3O6P2S4/c1-2-3-4-5-6-7-8-9-10-11-12-13-14-15-16-17-18-43-19-25-48(26-20-43)61(49-27-21-44(22-28-49)53-33-31-51(70-53)39-46(41-59)55-35-37-57(72-55)68(62,63)64)50-29-23-45(24-30-50)54-34-32-52(71-54)40-47(42-60)56-36-38-58(73-56)69(65,66)67/h19-40H,2-18H2,1H3,(H2,62,63,64)(H2,65,66,67)/b46-39+,47-40+. The summed E-state index contributed by atoms with van der Waals surface area (Å²) >= 11 is 4.92. The molecule has 0 fully saturated rings. The van der Waals surface area contributed by atoms with Crippen molar-refractivity contribution in [3.63, 3.8) is 0 Å². The Hall–Kier alpha value is -4.98. The van der Waals surface area contributed by atoms with Crippen LogP contribution in [0.1, 0.15) is 135 Å². The van der Waals surface area contributed by atoms with Crippen molar-refractivity contribution in [2.75, 3.05) is 4.90 Å². The van der Waals surface area contributed by atoms with Crippen LogP contribution >= 0.6 is 60.5 Å². The van der Waals surface area contributed by atoms with Crippen LogP contribution in [0.15, 0.2) is 121 Å². The summed E-state index contributed by atoms with van der Waals surface area (Å²) in [5.41, 5.74) is 7.02. The third-order valence-electron chi connectivity index (χ3n) is 12.7. The number of thiophene rings is 4. The summed E-state index contributed by atoms with van der Waals surface area (Å²) in [5.74, 6) is 0. The van der Waals surface area contributed by atoms with Gasteiger partial charge in [0.15, 0.2) is 0 Å². The summed E-state index contributed by atoms with van der Waals surface area (Å²) in [6, 6.07) is 43.9. The van der Waals surface area contributed by atoms with Crippen molar-refractivity contribution in [2.24, 2.45) is 0 Å². The van der Waals surface area contributed by atoms with E-state index in [-0.39, 0.29) is 9.24 Å². The van der Waals surface area contributed by atoms with Gasteiger partial charge in [-0.1, -0.05) is 140 Å². The van der Waals surface area contributed by atoms with Crippen LogP contribution in [0.2, 0.25) is 0 Å². The van der Waals surface area contributed by atoms with Crippen molar-refractivity contribution in [1.82, 2.24) is 0 Å². The van der Waals surface area contributed by atoms with Crippen LogP contribution in [0.4, 0.5) is 17.1 Å². The molecule has 15 heteroatoms. The van der Waals surface area contributed by atoms with E-state index >= 15 is 0 Å². The average molecular weight is 1090 g/mol. The van der Waals surface area contributed by atoms with E-state index in [0.717, 1.165) is 76.8 Å². The van der Waals surface area contributed by atoms with Gasteiger partial charge in [-0.25, -0.2) is 0 Å². The van der Waals surface area contributed by atoms with E-state index in [0.29, 0.717) is 20.9 Å². The first-order chi connectivity index (χ1) is 35.3. The van der Waals surface area contributed by atoms with Crippen LogP contribution in [-0.2, 0) is 15.6 Å². The second-order valence-electron chi connectivity index (χ2n) is 18.3. The zero-order chi connectivity index (χ0) is 51.6. The smallest absolute Gasteiger partial charge is 0.320 e. The number of hydrogen-bond donors (Lipinski definition) is 4. The van der Waals surface area contributed by atoms with Crippen LogP contribution in [-0.4, -0.2) is 19.6 Å². The molecule has 4 N–H and O–H groups in total. The third-order valence-corrected chi connectivity index (χ3v) is 20.1. The zero-order valence-corrected chi connectivity index (χ0v) is 46.3. The molecule has 0 atom stereocenters. The molecule has 0 aliphatic carbocycles. The monoisotopic (exact) mass is 1090 g/mol. The van der Waals surface area contributed by atoms with Gasteiger partial charge in [-0.3, -0.25) is 9.13 Å². The molecule has 9 nitrogen and oxygen atoms in total. The van der Waals surface area contributed by atoms with Crippen molar-refractivity contribution in [1.29, 1.82) is 10.5 Å². The molecule has 0 spiro atoms. The Balaban J connectivity index is 1.02. The molecule has 0 amide bonds. The SMILES string of the molecule is CCCCCCCCCCCCCCCCCCc1ccc(N(c2ccc(-c3ccc(/C=C(\C#N)c4ccc(P(=O)(O)O)s4)s3)cc2)c2ccc(-c3ccc(/C=C(\C#N)c4ccc(P(=O)(O)O)s4)s3)cc2)cc1. The largest absolute Gasteiger partial charge is 0.366 e. The predicted molar refractivity (Wildman–Crippen MR) is 310 cm³/mol. The predicted octanol–water partition coefficient (Wildman–Crippen LogP) is 17.3. The van der Waals surface area contributed by atoms with Gasteiger partial charge in [-0.05, 0) is 127 Å². The molecule has 0 aliphatic rings. The Morgan fingerprint density at radius 2 is 0.822 bits per heavy atom. The number of nitrogens with zero attached hydrogens (tertiary/aromatic N) is 3. The molecule has 0 bridgehead atoms. The Morgan fingerprint density at radius 1 is 0.466 bits per heavy atom. The maximum absolute atomic E-state index is 11.8. The molecular formula is C58H63N3O6P2S4. The maximum Gasteiger partial charge on any atom is 0.366 e. The highest BCUT2D eigenvalue weighted by atomic mass is 32.1. The van der Waals surface area contributed by atoms with Gasteiger partial charge >= 0.3 is 15.2 Å². The summed E-state index contributed by atoms with van der Waals surface area (Å²) in [7, 11) is -8.82. The molecule has 7 aromatic rings. The lowest BCUT2D eigenvalue weighted by Crippen LogP contribution is -2.10. The van der Waals surface area contributed by atoms with Gasteiger partial charge in [0.1, 0.15) is 21.4 Å². The normalized spacial score (nSPS) is 12.3. The Kier molecular flexibility index (Phi) is 21.0. The van der Waals surface area contributed by atoms with E-state index in [1.54, 1.807) is 24.3 Å². The van der Waals surface area contributed by atoms with Gasteiger partial charge < -0.3 is 24.5 Å². The Labute approximate surface area is 446 Å². The van der Waals surface area contributed by atoms with E-state index < -0.39 is 15.2 Å². The first-order valence-electron chi connectivity index (χ1n) is 25.2. The van der Waals surface area contributed by atoms with Crippen LogP contribution < -0.4 is 14.1 Å². The molecule has 0 aliphatic heterocycles. The van der Waals surface area contributed by atoms with E-state index in [1.807, 2.05) is 24.3 Å². The molecule has 380 valence electrons. The van der Waals surface area contributed by atoms with Crippen LogP contribution in [0, 0.1) is 22.7 Å². The van der Waals surface area contributed by atoms with E-state index in [9.17, 15) is 39.2 Å². The lowest BCUT2D eigenvalue weighted by Gasteiger charge is -2.26. The number of rotatable bonds is 28. The minimum Gasteiger partial charge on any atom is -0.320 e. The fourth-order valence-electron chi connectivity index (χ4n) is 8.72. The molecule has 4 heterocycles. The number of benzene rings is 3. The summed E-state index contributed by atoms with van der Waals surface area (Å²) < 4.78 is 23.4. The Morgan fingerprint density at radius 3 is 1.16 bits per heavy atom. The van der Waals surface area contributed by atoms with E-state index in [2.05, 4.69) is 96.8 Å². The van der Waals surface area contributed by atoms with Crippen LogP contribution in [0.5, 0.6) is 0 Å². The molecule has 0 saturated heterocycles. The lowest BCUT2D eigenvalue weighted by molar-refractivity contribution is 0.386. The molecule has 0 radical (unpaired) electrons. The van der Waals surface area contributed by atoms with Crippen molar-refractivity contribution >= 4 is 110 Å². The van der Waals surface area contributed by atoms with Gasteiger partial charge in [-0.2, -0.15) is 10.5 Å². The molecular weight excluding hydrogens is 1020 g/mol. The van der Waals surface area contributed by atoms with Crippen molar-refractivity contribution in [3.05, 3.63) is 146 Å². The fourth-order valence-corrected chi connectivity index (χ4v) is 14.1. The topological polar surface area (TPSA) is 166 Å². The van der Waals surface area contributed by atoms with Gasteiger partial charge in [0.2, 0.25) is 0 Å². The number of allylic oxidation sites excluding steroid dienone is 2. The molecule has 7 rings (SSSR count). The second-order valence-corrected chi connectivity index (χ2v) is 26.4. The Bertz CT molecular complexity index is 2940. The highest BCUT2D eigenvalue weighted by Gasteiger charge is 2.22. The minimum atomic E-state index is -4.41.